The Morgan fingerprint density at radius 2 is 1.73 bits per heavy atom. The number of carbonyl (C=O) groups excluding carboxylic acids is 2. The van der Waals surface area contributed by atoms with Crippen LogP contribution in [-0.2, 0) is 16.2 Å². The Morgan fingerprint density at radius 3 is 2.34 bits per heavy atom. The second-order valence-electron chi connectivity index (χ2n) is 10.6. The summed E-state index contributed by atoms with van der Waals surface area (Å²) in [5.74, 6) is -0.652. The molecule has 0 unspecified atom stereocenters. The third-order valence-electron chi connectivity index (χ3n) is 7.23. The normalized spacial score (nSPS) is 17.9. The van der Waals surface area contributed by atoms with E-state index in [4.69, 9.17) is 4.74 Å². The summed E-state index contributed by atoms with van der Waals surface area (Å²) in [6.07, 6.45) is -5.16. The number of urea groups is 1. The fourth-order valence-corrected chi connectivity index (χ4v) is 5.70. The topological polar surface area (TPSA) is 128 Å². The molecule has 0 spiro atoms. The first kappa shape index (κ1) is 32.6. The fourth-order valence-electron chi connectivity index (χ4n) is 4.63. The molecule has 236 valence electrons. The van der Waals surface area contributed by atoms with E-state index >= 15 is 0 Å². The molecule has 0 saturated carbocycles. The summed E-state index contributed by atoms with van der Waals surface area (Å²) in [7, 11) is -2.46. The predicted molar refractivity (Wildman–Crippen MR) is 158 cm³/mol. The molecule has 0 aromatic heterocycles. The summed E-state index contributed by atoms with van der Waals surface area (Å²) in [5.41, 5.74) is -0.482. The Morgan fingerprint density at radius 1 is 1.09 bits per heavy atom. The molecule has 14 heteroatoms. The van der Waals surface area contributed by atoms with Crippen LogP contribution in [0.2, 0.25) is 0 Å². The number of nitrogens with one attached hydrogen (secondary N) is 2. The number of nitrogens with zero attached hydrogens (tertiary/aromatic N) is 2. The molecule has 3 aromatic rings. The third-order valence-corrected chi connectivity index (χ3v) is 8.63. The van der Waals surface area contributed by atoms with Crippen LogP contribution in [0, 0.1) is 5.92 Å². The average Bonchev–Trinajstić information content (AvgIpc) is 2.98. The number of benzene rings is 3. The lowest BCUT2D eigenvalue weighted by Crippen LogP contribution is -2.50. The molecular weight excluding hydrogens is 601 g/mol. The van der Waals surface area contributed by atoms with Crippen molar-refractivity contribution >= 4 is 33.3 Å². The van der Waals surface area contributed by atoms with Crippen LogP contribution in [0.5, 0.6) is 5.75 Å². The van der Waals surface area contributed by atoms with Crippen molar-refractivity contribution in [2.45, 2.75) is 37.1 Å². The molecule has 0 bridgehead atoms. The molecule has 3 amide bonds. The molecule has 1 aliphatic rings. The summed E-state index contributed by atoms with van der Waals surface area (Å²) in [6.45, 7) is 3.36. The number of sulfonamides is 1. The third kappa shape index (κ3) is 7.61. The first-order valence-corrected chi connectivity index (χ1v) is 15.2. The zero-order valence-electron chi connectivity index (χ0n) is 24.2. The number of halogens is 3. The molecule has 4 rings (SSSR count). The molecule has 0 aliphatic carbocycles. The van der Waals surface area contributed by atoms with Gasteiger partial charge in [0.2, 0.25) is 0 Å². The highest BCUT2D eigenvalue weighted by molar-refractivity contribution is 7.92. The average molecular weight is 635 g/mol. The van der Waals surface area contributed by atoms with Gasteiger partial charge in [0, 0.05) is 30.9 Å². The van der Waals surface area contributed by atoms with Crippen molar-refractivity contribution in [2.75, 3.05) is 36.8 Å². The first-order valence-electron chi connectivity index (χ1n) is 13.7. The number of rotatable bonds is 8. The highest BCUT2D eigenvalue weighted by Gasteiger charge is 2.34. The number of alkyl halides is 3. The Kier molecular flexibility index (Phi) is 9.74. The quantitative estimate of drug-likeness (QED) is 0.324. The van der Waals surface area contributed by atoms with E-state index in [0.717, 1.165) is 24.3 Å². The minimum Gasteiger partial charge on any atom is -0.487 e. The molecule has 3 atom stereocenters. The van der Waals surface area contributed by atoms with Gasteiger partial charge in [-0.05, 0) is 61.5 Å². The maximum absolute atomic E-state index is 13.7. The minimum atomic E-state index is -4.50. The number of fused-ring (bicyclic) bond motifs is 1. The second kappa shape index (κ2) is 13.1. The lowest BCUT2D eigenvalue weighted by Gasteiger charge is -2.38. The van der Waals surface area contributed by atoms with E-state index in [1.165, 1.54) is 47.2 Å². The molecular formula is C30H33F3N4O6S. The zero-order chi connectivity index (χ0) is 32.2. The predicted octanol–water partition coefficient (Wildman–Crippen LogP) is 4.89. The smallest absolute Gasteiger partial charge is 0.416 e. The van der Waals surface area contributed by atoms with Gasteiger partial charge in [0.05, 0.1) is 35.2 Å². The summed E-state index contributed by atoms with van der Waals surface area (Å²) in [4.78, 5) is 29.4. The highest BCUT2D eigenvalue weighted by atomic mass is 32.2. The molecule has 1 aliphatic heterocycles. The monoisotopic (exact) mass is 634 g/mol. The zero-order valence-corrected chi connectivity index (χ0v) is 25.0. The van der Waals surface area contributed by atoms with Crippen molar-refractivity contribution in [3.8, 4) is 5.75 Å². The lowest BCUT2D eigenvalue weighted by atomic mass is 9.99. The number of ether oxygens (including phenoxy) is 1. The van der Waals surface area contributed by atoms with Crippen molar-refractivity contribution in [2.24, 2.45) is 5.92 Å². The number of hydrogen-bond acceptors (Lipinski definition) is 6. The molecule has 1 heterocycles. The summed E-state index contributed by atoms with van der Waals surface area (Å²) in [6, 6.07) is 14.9. The summed E-state index contributed by atoms with van der Waals surface area (Å²) in [5, 5.41) is 12.4. The lowest BCUT2D eigenvalue weighted by molar-refractivity contribution is -0.137. The number of hydrogen-bond donors (Lipinski definition) is 3. The second-order valence-corrected chi connectivity index (χ2v) is 12.3. The first-order chi connectivity index (χ1) is 20.7. The van der Waals surface area contributed by atoms with E-state index in [2.05, 4.69) is 10.0 Å². The van der Waals surface area contributed by atoms with E-state index < -0.39 is 45.8 Å². The standard InChI is InChI=1S/C30H33F3N4O6S/c1-19-16-37(20(2)18-38)28(39)25-15-23(35-44(41,42)24-7-5-4-6-8-24)13-14-26(25)43-27(19)17-36(3)29(40)34-22-11-9-21(10-12-22)30(31,32)33/h4-15,19-20,27,35,38H,16-18H2,1-3H3,(H,34,40)/t19-,20-,27+/m1/s1. The molecule has 3 N–H and O–H groups in total. The Bertz CT molecular complexity index is 1590. The van der Waals surface area contributed by atoms with Crippen molar-refractivity contribution in [3.05, 3.63) is 83.9 Å². The Balaban J connectivity index is 1.57. The summed E-state index contributed by atoms with van der Waals surface area (Å²) < 4.78 is 73.2. The van der Waals surface area contributed by atoms with Gasteiger partial charge in [0.1, 0.15) is 11.9 Å². The molecule has 44 heavy (non-hydrogen) atoms. The SMILES string of the molecule is C[C@@H]1CN([C@H](C)CO)C(=O)c2cc(NS(=O)(=O)c3ccccc3)ccc2O[C@H]1CN(C)C(=O)Nc1ccc(C(F)(F)F)cc1. The molecule has 10 nitrogen and oxygen atoms in total. The van der Waals surface area contributed by atoms with E-state index in [1.807, 2.05) is 6.92 Å². The maximum atomic E-state index is 13.7. The van der Waals surface area contributed by atoms with Crippen LogP contribution in [-0.4, -0.2) is 74.2 Å². The van der Waals surface area contributed by atoms with Gasteiger partial charge in [-0.15, -0.1) is 0 Å². The van der Waals surface area contributed by atoms with E-state index in [0.29, 0.717) is 0 Å². The van der Waals surface area contributed by atoms with E-state index in [-0.39, 0.29) is 53.2 Å². The van der Waals surface area contributed by atoms with Crippen LogP contribution in [0.4, 0.5) is 29.3 Å². The van der Waals surface area contributed by atoms with Gasteiger partial charge >= 0.3 is 12.2 Å². The van der Waals surface area contributed by atoms with Crippen LogP contribution >= 0.6 is 0 Å². The van der Waals surface area contributed by atoms with Crippen molar-refractivity contribution in [1.29, 1.82) is 0 Å². The van der Waals surface area contributed by atoms with E-state index in [1.54, 1.807) is 25.1 Å². The van der Waals surface area contributed by atoms with Crippen molar-refractivity contribution in [1.82, 2.24) is 9.80 Å². The number of aliphatic hydroxyl groups is 1. The van der Waals surface area contributed by atoms with Crippen molar-refractivity contribution in [3.63, 3.8) is 0 Å². The molecule has 3 aromatic carbocycles. The highest BCUT2D eigenvalue weighted by Crippen LogP contribution is 2.32. The number of carbonyl (C=O) groups is 2. The minimum absolute atomic E-state index is 0.0327. The van der Waals surface area contributed by atoms with Gasteiger partial charge in [-0.25, -0.2) is 13.2 Å². The van der Waals surface area contributed by atoms with Gasteiger partial charge in [-0.1, -0.05) is 25.1 Å². The molecule has 0 saturated heterocycles. The molecule has 0 fully saturated rings. The number of aliphatic hydroxyl groups excluding tert-OH is 1. The summed E-state index contributed by atoms with van der Waals surface area (Å²) >= 11 is 0. The van der Waals surface area contributed by atoms with Crippen molar-refractivity contribution < 1.29 is 41.0 Å². The number of likely N-dealkylation sites (N-methyl/N-ethyl adjacent to an activating group) is 1. The van der Waals surface area contributed by atoms with Gasteiger partial charge in [-0.2, -0.15) is 13.2 Å². The maximum Gasteiger partial charge on any atom is 0.416 e. The number of amides is 3. The van der Waals surface area contributed by atoms with Gasteiger partial charge in [0.25, 0.3) is 15.9 Å². The van der Waals surface area contributed by atoms with Crippen LogP contribution in [0.3, 0.4) is 0 Å². The van der Waals surface area contributed by atoms with Gasteiger partial charge in [-0.3, -0.25) is 9.52 Å². The van der Waals surface area contributed by atoms with Crippen LogP contribution in [0.1, 0.15) is 29.8 Å². The van der Waals surface area contributed by atoms with Crippen LogP contribution < -0.4 is 14.8 Å². The molecule has 0 radical (unpaired) electrons. The largest absolute Gasteiger partial charge is 0.487 e. The number of anilines is 2. The van der Waals surface area contributed by atoms with Crippen LogP contribution in [0.25, 0.3) is 0 Å². The van der Waals surface area contributed by atoms with Gasteiger partial charge in [0.15, 0.2) is 0 Å². The van der Waals surface area contributed by atoms with Crippen LogP contribution in [0.15, 0.2) is 77.7 Å². The van der Waals surface area contributed by atoms with Gasteiger partial charge < -0.3 is 25.0 Å². The Hall–Kier alpha value is -4.30. The Labute approximate surface area is 253 Å². The fraction of sp³-hybridized carbons (Fsp3) is 0.333. The van der Waals surface area contributed by atoms with E-state index in [9.17, 15) is 36.3 Å².